The van der Waals surface area contributed by atoms with E-state index in [1.165, 1.54) is 0 Å². The SMILES string of the molecule is Cc1noc(C)c1C(C)CN=C(N)NC1CCOc2ccccc21. The topological polar surface area (TPSA) is 85.7 Å². The van der Waals surface area contributed by atoms with Crippen LogP contribution in [0, 0.1) is 13.8 Å². The fourth-order valence-corrected chi connectivity index (χ4v) is 3.24. The molecule has 0 saturated carbocycles. The lowest BCUT2D eigenvalue weighted by atomic mass is 10.00. The normalized spacial score (nSPS) is 18.6. The van der Waals surface area contributed by atoms with Crippen LogP contribution in [0.15, 0.2) is 33.8 Å². The number of nitrogens with zero attached hydrogens (tertiary/aromatic N) is 2. The van der Waals surface area contributed by atoms with Gasteiger partial charge in [0.1, 0.15) is 11.5 Å². The molecular formula is C18H24N4O2. The number of aromatic nitrogens is 1. The second-order valence-corrected chi connectivity index (χ2v) is 6.24. The Balaban J connectivity index is 1.65. The van der Waals surface area contributed by atoms with Gasteiger partial charge in [-0.2, -0.15) is 0 Å². The molecule has 1 aliphatic rings. The summed E-state index contributed by atoms with van der Waals surface area (Å²) in [6.45, 7) is 7.25. The number of hydrogen-bond acceptors (Lipinski definition) is 4. The Labute approximate surface area is 142 Å². The van der Waals surface area contributed by atoms with Gasteiger partial charge in [0, 0.05) is 30.0 Å². The number of nitrogens with one attached hydrogen (secondary N) is 1. The molecule has 3 rings (SSSR count). The summed E-state index contributed by atoms with van der Waals surface area (Å²) >= 11 is 0. The third-order valence-corrected chi connectivity index (χ3v) is 4.40. The van der Waals surface area contributed by atoms with E-state index in [2.05, 4.69) is 28.5 Å². The van der Waals surface area contributed by atoms with Crippen molar-refractivity contribution in [3.63, 3.8) is 0 Å². The number of fused-ring (bicyclic) bond motifs is 1. The third kappa shape index (κ3) is 3.37. The maximum absolute atomic E-state index is 6.10. The van der Waals surface area contributed by atoms with Crippen LogP contribution in [-0.2, 0) is 0 Å². The molecule has 0 saturated heterocycles. The first kappa shape index (κ1) is 16.4. The molecule has 0 radical (unpaired) electrons. The second-order valence-electron chi connectivity index (χ2n) is 6.24. The Morgan fingerprint density at radius 1 is 1.42 bits per heavy atom. The average molecular weight is 328 g/mol. The van der Waals surface area contributed by atoms with Crippen molar-refractivity contribution in [1.82, 2.24) is 10.5 Å². The number of aryl methyl sites for hydroxylation is 2. The lowest BCUT2D eigenvalue weighted by molar-refractivity contribution is 0.262. The molecule has 0 aliphatic carbocycles. The van der Waals surface area contributed by atoms with Crippen LogP contribution in [0.5, 0.6) is 5.75 Å². The van der Waals surface area contributed by atoms with E-state index in [4.69, 9.17) is 15.0 Å². The smallest absolute Gasteiger partial charge is 0.189 e. The molecule has 128 valence electrons. The van der Waals surface area contributed by atoms with Crippen molar-refractivity contribution in [1.29, 1.82) is 0 Å². The van der Waals surface area contributed by atoms with Gasteiger partial charge in [-0.05, 0) is 19.9 Å². The lowest BCUT2D eigenvalue weighted by Crippen LogP contribution is -2.37. The number of rotatable bonds is 4. The molecule has 2 heterocycles. The van der Waals surface area contributed by atoms with Crippen LogP contribution in [0.3, 0.4) is 0 Å². The largest absolute Gasteiger partial charge is 0.493 e. The fourth-order valence-electron chi connectivity index (χ4n) is 3.24. The summed E-state index contributed by atoms with van der Waals surface area (Å²) in [4.78, 5) is 4.50. The number of benzene rings is 1. The predicted molar refractivity (Wildman–Crippen MR) is 93.3 cm³/mol. The van der Waals surface area contributed by atoms with Gasteiger partial charge < -0.3 is 20.3 Å². The van der Waals surface area contributed by atoms with Gasteiger partial charge in [-0.1, -0.05) is 30.3 Å². The van der Waals surface area contributed by atoms with Crippen LogP contribution < -0.4 is 15.8 Å². The minimum Gasteiger partial charge on any atom is -0.493 e. The highest BCUT2D eigenvalue weighted by Crippen LogP contribution is 2.31. The first-order valence-corrected chi connectivity index (χ1v) is 8.27. The first-order valence-electron chi connectivity index (χ1n) is 8.27. The highest BCUT2D eigenvalue weighted by atomic mass is 16.5. The molecule has 6 heteroatoms. The number of hydrogen-bond donors (Lipinski definition) is 2. The Hall–Kier alpha value is -2.50. The molecule has 0 spiro atoms. The van der Waals surface area contributed by atoms with Crippen LogP contribution in [0.2, 0.25) is 0 Å². The molecular weight excluding hydrogens is 304 g/mol. The monoisotopic (exact) mass is 328 g/mol. The fraction of sp³-hybridized carbons (Fsp3) is 0.444. The lowest BCUT2D eigenvalue weighted by Gasteiger charge is -2.27. The molecule has 1 aromatic heterocycles. The molecule has 0 amide bonds. The minimum atomic E-state index is 0.132. The van der Waals surface area contributed by atoms with Gasteiger partial charge >= 0.3 is 0 Å². The van der Waals surface area contributed by atoms with Crippen molar-refractivity contribution >= 4 is 5.96 Å². The van der Waals surface area contributed by atoms with Crippen molar-refractivity contribution in [2.24, 2.45) is 10.7 Å². The number of aliphatic imine (C=N–C) groups is 1. The van der Waals surface area contributed by atoms with Crippen LogP contribution in [0.25, 0.3) is 0 Å². The summed E-state index contributed by atoms with van der Waals surface area (Å²) in [5.74, 6) is 2.42. The molecule has 2 atom stereocenters. The van der Waals surface area contributed by atoms with Gasteiger partial charge in [0.25, 0.3) is 0 Å². The van der Waals surface area contributed by atoms with Crippen molar-refractivity contribution < 1.29 is 9.26 Å². The van der Waals surface area contributed by atoms with E-state index in [9.17, 15) is 0 Å². The maximum atomic E-state index is 6.10. The molecule has 0 fully saturated rings. The Kier molecular flexibility index (Phi) is 4.74. The quantitative estimate of drug-likeness (QED) is 0.666. The van der Waals surface area contributed by atoms with Crippen molar-refractivity contribution in [2.75, 3.05) is 13.2 Å². The molecule has 0 bridgehead atoms. The molecule has 6 nitrogen and oxygen atoms in total. The van der Waals surface area contributed by atoms with Gasteiger partial charge in [0.05, 0.1) is 18.3 Å². The Morgan fingerprint density at radius 2 is 2.21 bits per heavy atom. The molecule has 24 heavy (non-hydrogen) atoms. The highest BCUT2D eigenvalue weighted by Gasteiger charge is 2.21. The summed E-state index contributed by atoms with van der Waals surface area (Å²) in [5.41, 5.74) is 9.25. The zero-order valence-corrected chi connectivity index (χ0v) is 14.4. The summed E-state index contributed by atoms with van der Waals surface area (Å²) in [6, 6.07) is 8.16. The van der Waals surface area contributed by atoms with Gasteiger partial charge in [-0.3, -0.25) is 4.99 Å². The standard InChI is InChI=1S/C18H24N4O2/c1-11(17-12(2)22-24-13(17)3)10-20-18(19)21-15-8-9-23-16-7-5-4-6-14(15)16/h4-7,11,15H,8-10H2,1-3H3,(H3,19,20,21). The van der Waals surface area contributed by atoms with Crippen molar-refractivity contribution in [3.8, 4) is 5.75 Å². The highest BCUT2D eigenvalue weighted by molar-refractivity contribution is 5.78. The van der Waals surface area contributed by atoms with Crippen LogP contribution in [0.1, 0.15) is 47.9 Å². The summed E-state index contributed by atoms with van der Waals surface area (Å²) in [7, 11) is 0. The summed E-state index contributed by atoms with van der Waals surface area (Å²) < 4.78 is 10.9. The third-order valence-electron chi connectivity index (χ3n) is 4.40. The number of nitrogens with two attached hydrogens (primary N) is 1. The Morgan fingerprint density at radius 3 is 2.96 bits per heavy atom. The summed E-state index contributed by atoms with van der Waals surface area (Å²) in [5, 5.41) is 7.31. The second kappa shape index (κ2) is 6.95. The molecule has 2 unspecified atom stereocenters. The van der Waals surface area contributed by atoms with Crippen molar-refractivity contribution in [3.05, 3.63) is 46.8 Å². The minimum absolute atomic E-state index is 0.132. The van der Waals surface area contributed by atoms with E-state index >= 15 is 0 Å². The molecule has 1 aliphatic heterocycles. The first-order chi connectivity index (χ1) is 11.6. The van der Waals surface area contributed by atoms with Gasteiger partial charge in [0.15, 0.2) is 5.96 Å². The number of para-hydroxylation sites is 1. The zero-order chi connectivity index (χ0) is 17.1. The van der Waals surface area contributed by atoms with E-state index in [1.807, 2.05) is 32.0 Å². The predicted octanol–water partition coefficient (Wildman–Crippen LogP) is 2.82. The maximum Gasteiger partial charge on any atom is 0.189 e. The van der Waals surface area contributed by atoms with E-state index in [-0.39, 0.29) is 12.0 Å². The average Bonchev–Trinajstić information content (AvgIpc) is 2.92. The molecule has 2 aromatic rings. The van der Waals surface area contributed by atoms with Gasteiger partial charge in [0.2, 0.25) is 0 Å². The summed E-state index contributed by atoms with van der Waals surface area (Å²) in [6.07, 6.45) is 0.868. The number of guanidine groups is 1. The zero-order valence-electron chi connectivity index (χ0n) is 14.4. The van der Waals surface area contributed by atoms with Crippen LogP contribution in [0.4, 0.5) is 0 Å². The molecule has 3 N–H and O–H groups in total. The van der Waals surface area contributed by atoms with E-state index in [0.717, 1.165) is 34.8 Å². The van der Waals surface area contributed by atoms with Crippen LogP contribution in [-0.4, -0.2) is 24.3 Å². The van der Waals surface area contributed by atoms with Gasteiger partial charge in [-0.15, -0.1) is 0 Å². The van der Waals surface area contributed by atoms with Crippen LogP contribution >= 0.6 is 0 Å². The number of ether oxygens (including phenoxy) is 1. The Bertz CT molecular complexity index is 719. The van der Waals surface area contributed by atoms with E-state index < -0.39 is 0 Å². The van der Waals surface area contributed by atoms with E-state index in [0.29, 0.717) is 19.1 Å². The van der Waals surface area contributed by atoms with E-state index in [1.54, 1.807) is 0 Å². The van der Waals surface area contributed by atoms with Crippen molar-refractivity contribution in [2.45, 2.75) is 39.2 Å². The van der Waals surface area contributed by atoms with Gasteiger partial charge in [-0.25, -0.2) is 0 Å². The molecule has 1 aromatic carbocycles.